The normalized spacial score (nSPS) is 19.8. The fourth-order valence-corrected chi connectivity index (χ4v) is 3.74. The van der Waals surface area contributed by atoms with Crippen molar-refractivity contribution in [2.24, 2.45) is 0 Å². The molecule has 0 amide bonds. The molecule has 1 aromatic carbocycles. The minimum atomic E-state index is -0.220. The van der Waals surface area contributed by atoms with E-state index < -0.39 is 0 Å². The topological polar surface area (TPSA) is 43.8 Å². The van der Waals surface area contributed by atoms with Crippen LogP contribution in [0.1, 0.15) is 44.7 Å². The molecule has 1 saturated heterocycles. The molecule has 0 radical (unpaired) electrons. The molecule has 150 valence electrons. The van der Waals surface area contributed by atoms with Crippen LogP contribution < -0.4 is 14.4 Å². The highest BCUT2D eigenvalue weighted by atomic mass is 16.6. The number of hydrogen-bond acceptors (Lipinski definition) is 5. The minimum Gasteiger partial charge on any atom is -0.486 e. The van der Waals surface area contributed by atoms with Crippen molar-refractivity contribution in [3.8, 4) is 11.5 Å². The molecule has 0 N–H and O–H groups in total. The molecule has 5 heteroatoms. The number of hydrogen-bond donors (Lipinski definition) is 0. The van der Waals surface area contributed by atoms with Crippen molar-refractivity contribution in [2.75, 3.05) is 37.8 Å². The molecule has 1 atom stereocenters. The van der Waals surface area contributed by atoms with Gasteiger partial charge in [-0.15, -0.1) is 0 Å². The van der Waals surface area contributed by atoms with Crippen molar-refractivity contribution >= 4 is 5.82 Å². The highest BCUT2D eigenvalue weighted by Crippen LogP contribution is 2.39. The maximum atomic E-state index is 6.41. The summed E-state index contributed by atoms with van der Waals surface area (Å²) < 4.78 is 17.9. The predicted molar refractivity (Wildman–Crippen MR) is 111 cm³/mol. The van der Waals surface area contributed by atoms with Crippen molar-refractivity contribution in [3.63, 3.8) is 0 Å². The summed E-state index contributed by atoms with van der Waals surface area (Å²) in [7, 11) is 0. The lowest BCUT2D eigenvalue weighted by atomic mass is 9.80. The van der Waals surface area contributed by atoms with E-state index in [0.717, 1.165) is 49.2 Å². The number of ether oxygens (including phenoxy) is 3. The molecular weight excluding hydrogens is 352 g/mol. The zero-order chi connectivity index (χ0) is 19.7. The first-order valence-corrected chi connectivity index (χ1v) is 10.2. The van der Waals surface area contributed by atoms with E-state index in [1.165, 1.54) is 5.56 Å². The number of pyridine rings is 1. The maximum absolute atomic E-state index is 6.41. The molecule has 1 unspecified atom stereocenters. The van der Waals surface area contributed by atoms with Gasteiger partial charge in [-0.1, -0.05) is 39.8 Å². The highest BCUT2D eigenvalue weighted by Gasteiger charge is 2.37. The molecule has 0 bridgehead atoms. The van der Waals surface area contributed by atoms with Crippen molar-refractivity contribution in [2.45, 2.75) is 45.1 Å². The Morgan fingerprint density at radius 3 is 2.54 bits per heavy atom. The second-order valence-electron chi connectivity index (χ2n) is 8.50. The van der Waals surface area contributed by atoms with E-state index in [0.29, 0.717) is 12.5 Å². The largest absolute Gasteiger partial charge is 0.486 e. The number of aromatic nitrogens is 1. The van der Waals surface area contributed by atoms with Crippen LogP contribution in [0, 0.1) is 0 Å². The molecule has 28 heavy (non-hydrogen) atoms. The molecule has 0 aliphatic carbocycles. The number of benzene rings is 1. The van der Waals surface area contributed by atoms with Crippen molar-refractivity contribution in [1.82, 2.24) is 4.98 Å². The van der Waals surface area contributed by atoms with Crippen molar-refractivity contribution < 1.29 is 14.2 Å². The summed E-state index contributed by atoms with van der Waals surface area (Å²) in [6, 6.07) is 10.5. The number of morpholine rings is 1. The lowest BCUT2D eigenvalue weighted by Gasteiger charge is -2.38. The van der Waals surface area contributed by atoms with Crippen molar-refractivity contribution in [1.29, 1.82) is 0 Å². The number of rotatable bonds is 4. The van der Waals surface area contributed by atoms with E-state index in [1.54, 1.807) is 0 Å². The Balaban J connectivity index is 1.52. The zero-order valence-corrected chi connectivity index (χ0v) is 17.3. The maximum Gasteiger partial charge on any atom is 0.162 e. The number of nitrogens with zero attached hydrogens (tertiary/aromatic N) is 2. The second kappa shape index (κ2) is 7.63. The lowest BCUT2D eigenvalue weighted by molar-refractivity contribution is 0.0419. The van der Waals surface area contributed by atoms with Gasteiger partial charge in [-0.2, -0.15) is 0 Å². The summed E-state index contributed by atoms with van der Waals surface area (Å²) in [6.45, 7) is 12.6. The van der Waals surface area contributed by atoms with Crippen LogP contribution in [0.3, 0.4) is 0 Å². The fraction of sp³-hybridized carbons (Fsp3) is 0.522. The fourth-order valence-electron chi connectivity index (χ4n) is 3.74. The molecular formula is C23H30N2O3. The molecule has 2 aliphatic rings. The summed E-state index contributed by atoms with van der Waals surface area (Å²) in [4.78, 5) is 6.99. The van der Waals surface area contributed by atoms with E-state index in [2.05, 4.69) is 56.9 Å². The Morgan fingerprint density at radius 1 is 1.07 bits per heavy atom. The molecule has 1 aromatic heterocycles. The van der Waals surface area contributed by atoms with Gasteiger partial charge in [0, 0.05) is 24.7 Å². The van der Waals surface area contributed by atoms with Crippen LogP contribution in [0.15, 0.2) is 36.5 Å². The van der Waals surface area contributed by atoms with Gasteiger partial charge in [0.1, 0.15) is 18.5 Å². The van der Waals surface area contributed by atoms with E-state index in [1.807, 2.05) is 12.3 Å². The van der Waals surface area contributed by atoms with Gasteiger partial charge in [0.05, 0.1) is 13.2 Å². The van der Waals surface area contributed by atoms with Gasteiger partial charge in [0.2, 0.25) is 0 Å². The van der Waals surface area contributed by atoms with Crippen LogP contribution in [0.4, 0.5) is 5.82 Å². The summed E-state index contributed by atoms with van der Waals surface area (Å²) in [6.07, 6.45) is 1.91. The van der Waals surface area contributed by atoms with Gasteiger partial charge in [-0.3, -0.25) is 0 Å². The van der Waals surface area contributed by atoms with Crippen LogP contribution in [0.25, 0.3) is 0 Å². The average Bonchev–Trinajstić information content (AvgIpc) is 2.73. The Bertz CT molecular complexity index is 811. The first-order valence-electron chi connectivity index (χ1n) is 10.2. The summed E-state index contributed by atoms with van der Waals surface area (Å²) in [5.41, 5.74) is 2.20. The lowest BCUT2D eigenvalue weighted by Crippen LogP contribution is -2.44. The molecule has 1 fully saturated rings. The average molecular weight is 383 g/mol. The second-order valence-corrected chi connectivity index (χ2v) is 8.50. The number of anilines is 1. The molecule has 2 aromatic rings. The zero-order valence-electron chi connectivity index (χ0n) is 17.3. The first-order chi connectivity index (χ1) is 13.4. The summed E-state index contributed by atoms with van der Waals surface area (Å²) in [5.74, 6) is 3.14. The van der Waals surface area contributed by atoms with E-state index >= 15 is 0 Å². The van der Waals surface area contributed by atoms with E-state index in [4.69, 9.17) is 19.2 Å². The first kappa shape index (κ1) is 19.1. The quantitative estimate of drug-likeness (QED) is 0.794. The van der Waals surface area contributed by atoms with Gasteiger partial charge in [-0.25, -0.2) is 4.98 Å². The predicted octanol–water partition coefficient (Wildman–Crippen LogP) is 4.16. The Hall–Kier alpha value is -2.27. The van der Waals surface area contributed by atoms with Crippen molar-refractivity contribution in [3.05, 3.63) is 47.7 Å². The van der Waals surface area contributed by atoms with Gasteiger partial charge < -0.3 is 19.1 Å². The molecule has 0 saturated carbocycles. The Labute approximate surface area is 167 Å². The van der Waals surface area contributed by atoms with Gasteiger partial charge in [0.15, 0.2) is 11.5 Å². The SMILES string of the molecule is CC(C)c1ccc2c(c1)OC(C(C)(C)c1ccc(N3CCOCC3)nc1)CO2. The minimum absolute atomic E-state index is 0.0709. The monoisotopic (exact) mass is 382 g/mol. The summed E-state index contributed by atoms with van der Waals surface area (Å²) in [5, 5.41) is 0. The van der Waals surface area contributed by atoms with Crippen LogP contribution in [0.2, 0.25) is 0 Å². The van der Waals surface area contributed by atoms with E-state index in [9.17, 15) is 0 Å². The van der Waals surface area contributed by atoms with Crippen LogP contribution in [-0.4, -0.2) is 44.0 Å². The highest BCUT2D eigenvalue weighted by molar-refractivity contribution is 5.46. The third kappa shape index (κ3) is 3.68. The molecule has 5 nitrogen and oxygen atoms in total. The van der Waals surface area contributed by atoms with E-state index in [-0.39, 0.29) is 11.5 Å². The summed E-state index contributed by atoms with van der Waals surface area (Å²) >= 11 is 0. The van der Waals surface area contributed by atoms with Gasteiger partial charge in [-0.05, 0) is 35.2 Å². The smallest absolute Gasteiger partial charge is 0.162 e. The third-order valence-electron chi connectivity index (χ3n) is 5.93. The van der Waals surface area contributed by atoms with Crippen LogP contribution >= 0.6 is 0 Å². The number of fused-ring (bicyclic) bond motifs is 1. The standard InChI is InChI=1S/C23H30N2O3/c1-16(2)17-5-7-19-20(13-17)28-21(15-27-19)23(3,4)18-6-8-22(24-14-18)25-9-11-26-12-10-25/h5-8,13-14,16,21H,9-12,15H2,1-4H3. The van der Waals surface area contributed by atoms with Crippen LogP contribution in [-0.2, 0) is 10.2 Å². The van der Waals surface area contributed by atoms with Gasteiger partial charge in [0.25, 0.3) is 0 Å². The Morgan fingerprint density at radius 2 is 1.86 bits per heavy atom. The molecule has 0 spiro atoms. The molecule has 4 rings (SSSR count). The Kier molecular flexibility index (Phi) is 5.19. The molecule has 2 aliphatic heterocycles. The molecule has 3 heterocycles. The third-order valence-corrected chi connectivity index (χ3v) is 5.93. The van der Waals surface area contributed by atoms with Crippen LogP contribution in [0.5, 0.6) is 11.5 Å². The van der Waals surface area contributed by atoms with Gasteiger partial charge >= 0.3 is 0 Å².